The number of amides is 1. The van der Waals surface area contributed by atoms with Crippen LogP contribution in [0.2, 0.25) is 5.15 Å². The summed E-state index contributed by atoms with van der Waals surface area (Å²) in [6, 6.07) is 6.28. The number of methoxy groups -OCH3 is 1. The number of aromatic nitrogens is 1. The standard InChI is InChI=1S/C14H10ClFN2O3/c1-21-14(20)10-4-3-9(16)6-11(10)18-13(19)8-2-5-12(15)17-7-8/h2-7H,1H3,(H,18,19). The highest BCUT2D eigenvalue weighted by atomic mass is 35.5. The highest BCUT2D eigenvalue weighted by Gasteiger charge is 2.16. The number of hydrogen-bond acceptors (Lipinski definition) is 4. The molecular weight excluding hydrogens is 299 g/mol. The molecule has 1 amide bonds. The summed E-state index contributed by atoms with van der Waals surface area (Å²) in [6.45, 7) is 0. The van der Waals surface area contributed by atoms with E-state index in [2.05, 4.69) is 15.0 Å². The molecule has 0 bridgehead atoms. The molecule has 0 fully saturated rings. The van der Waals surface area contributed by atoms with E-state index < -0.39 is 17.7 Å². The van der Waals surface area contributed by atoms with Crippen LogP contribution in [0.3, 0.4) is 0 Å². The summed E-state index contributed by atoms with van der Waals surface area (Å²) in [7, 11) is 1.19. The quantitative estimate of drug-likeness (QED) is 0.699. The Morgan fingerprint density at radius 3 is 2.67 bits per heavy atom. The number of rotatable bonds is 3. The van der Waals surface area contributed by atoms with Gasteiger partial charge < -0.3 is 10.1 Å². The van der Waals surface area contributed by atoms with Gasteiger partial charge in [0.15, 0.2) is 0 Å². The van der Waals surface area contributed by atoms with E-state index in [1.165, 1.54) is 31.5 Å². The molecule has 1 heterocycles. The van der Waals surface area contributed by atoms with E-state index in [1.54, 1.807) is 0 Å². The van der Waals surface area contributed by atoms with Gasteiger partial charge in [-0.05, 0) is 30.3 Å². The van der Waals surface area contributed by atoms with Crippen molar-refractivity contribution in [3.05, 3.63) is 58.6 Å². The van der Waals surface area contributed by atoms with Gasteiger partial charge in [-0.2, -0.15) is 0 Å². The third kappa shape index (κ3) is 3.55. The minimum Gasteiger partial charge on any atom is -0.465 e. The van der Waals surface area contributed by atoms with E-state index in [0.717, 1.165) is 12.1 Å². The largest absolute Gasteiger partial charge is 0.465 e. The summed E-state index contributed by atoms with van der Waals surface area (Å²) < 4.78 is 17.9. The third-order valence-corrected chi connectivity index (χ3v) is 2.85. The number of esters is 1. The van der Waals surface area contributed by atoms with Gasteiger partial charge in [0.05, 0.1) is 23.9 Å². The fourth-order valence-corrected chi connectivity index (χ4v) is 1.72. The number of carbonyl (C=O) groups excluding carboxylic acids is 2. The number of nitrogens with zero attached hydrogens (tertiary/aromatic N) is 1. The minimum absolute atomic E-state index is 0.0156. The maximum atomic E-state index is 13.3. The molecule has 2 aromatic rings. The maximum absolute atomic E-state index is 13.3. The molecule has 0 aliphatic rings. The Labute approximate surface area is 124 Å². The predicted molar refractivity (Wildman–Crippen MR) is 74.9 cm³/mol. The lowest BCUT2D eigenvalue weighted by molar-refractivity contribution is 0.0602. The molecule has 0 spiro atoms. The van der Waals surface area contributed by atoms with Crippen molar-refractivity contribution in [2.24, 2.45) is 0 Å². The van der Waals surface area contributed by atoms with Crippen LogP contribution in [0, 0.1) is 5.82 Å². The maximum Gasteiger partial charge on any atom is 0.339 e. The van der Waals surface area contributed by atoms with Crippen LogP contribution >= 0.6 is 11.6 Å². The van der Waals surface area contributed by atoms with Gasteiger partial charge in [0.1, 0.15) is 11.0 Å². The van der Waals surface area contributed by atoms with Gasteiger partial charge in [0, 0.05) is 6.20 Å². The zero-order valence-electron chi connectivity index (χ0n) is 10.9. The Balaban J connectivity index is 2.30. The van der Waals surface area contributed by atoms with Gasteiger partial charge in [-0.25, -0.2) is 14.2 Å². The monoisotopic (exact) mass is 308 g/mol. The van der Waals surface area contributed by atoms with Gasteiger partial charge in [-0.15, -0.1) is 0 Å². The van der Waals surface area contributed by atoms with Crippen LogP contribution in [-0.4, -0.2) is 24.0 Å². The van der Waals surface area contributed by atoms with Gasteiger partial charge in [-0.3, -0.25) is 4.79 Å². The smallest absolute Gasteiger partial charge is 0.339 e. The number of pyridine rings is 1. The second-order valence-electron chi connectivity index (χ2n) is 4.01. The van der Waals surface area contributed by atoms with E-state index >= 15 is 0 Å². The number of benzene rings is 1. The van der Waals surface area contributed by atoms with E-state index in [4.69, 9.17) is 11.6 Å². The topological polar surface area (TPSA) is 68.3 Å². The van der Waals surface area contributed by atoms with E-state index in [9.17, 15) is 14.0 Å². The molecule has 7 heteroatoms. The molecule has 2 rings (SSSR count). The SMILES string of the molecule is COC(=O)c1ccc(F)cc1NC(=O)c1ccc(Cl)nc1. The Bertz CT molecular complexity index is 689. The van der Waals surface area contributed by atoms with Crippen LogP contribution in [0.5, 0.6) is 0 Å². The number of carbonyl (C=O) groups is 2. The van der Waals surface area contributed by atoms with Gasteiger partial charge in [-0.1, -0.05) is 11.6 Å². The lowest BCUT2D eigenvalue weighted by Gasteiger charge is -2.09. The summed E-state index contributed by atoms with van der Waals surface area (Å²) in [4.78, 5) is 27.4. The number of ether oxygens (including phenoxy) is 1. The molecule has 1 N–H and O–H groups in total. The molecule has 0 saturated carbocycles. The second kappa shape index (κ2) is 6.32. The van der Waals surface area contributed by atoms with Gasteiger partial charge in [0.2, 0.25) is 0 Å². The minimum atomic E-state index is -0.681. The number of hydrogen-bond donors (Lipinski definition) is 1. The van der Waals surface area contributed by atoms with Crippen LogP contribution in [0.15, 0.2) is 36.5 Å². The Morgan fingerprint density at radius 2 is 2.05 bits per heavy atom. The molecule has 1 aromatic carbocycles. The van der Waals surface area contributed by atoms with Crippen molar-refractivity contribution in [2.45, 2.75) is 0 Å². The van der Waals surface area contributed by atoms with Crippen LogP contribution in [0.4, 0.5) is 10.1 Å². The predicted octanol–water partition coefficient (Wildman–Crippen LogP) is 2.91. The normalized spacial score (nSPS) is 10.0. The van der Waals surface area contributed by atoms with Crippen molar-refractivity contribution in [2.75, 3.05) is 12.4 Å². The van der Waals surface area contributed by atoms with Gasteiger partial charge >= 0.3 is 5.97 Å². The van der Waals surface area contributed by atoms with Crippen LogP contribution in [0.1, 0.15) is 20.7 Å². The summed E-state index contributed by atoms with van der Waals surface area (Å²) in [5, 5.41) is 2.68. The highest BCUT2D eigenvalue weighted by Crippen LogP contribution is 2.19. The third-order valence-electron chi connectivity index (χ3n) is 2.62. The molecule has 0 aliphatic heterocycles. The lowest BCUT2D eigenvalue weighted by atomic mass is 10.1. The number of anilines is 1. The fraction of sp³-hybridized carbons (Fsp3) is 0.0714. The molecule has 1 aromatic heterocycles. The van der Waals surface area contributed by atoms with Crippen LogP contribution in [0.25, 0.3) is 0 Å². The average molecular weight is 309 g/mol. The van der Waals surface area contributed by atoms with Crippen molar-refractivity contribution in [3.63, 3.8) is 0 Å². The molecular formula is C14H10ClFN2O3. The summed E-state index contributed by atoms with van der Waals surface area (Å²) in [6.07, 6.45) is 1.27. The second-order valence-corrected chi connectivity index (χ2v) is 4.39. The molecule has 0 atom stereocenters. The first-order valence-corrected chi connectivity index (χ1v) is 6.20. The van der Waals surface area contributed by atoms with E-state index in [-0.39, 0.29) is 22.0 Å². The molecule has 0 radical (unpaired) electrons. The van der Waals surface area contributed by atoms with E-state index in [1.807, 2.05) is 0 Å². The van der Waals surface area contributed by atoms with Crippen molar-refractivity contribution in [3.8, 4) is 0 Å². The summed E-state index contributed by atoms with van der Waals surface area (Å²) in [5.74, 6) is -1.82. The van der Waals surface area contributed by atoms with Crippen molar-refractivity contribution >= 4 is 29.2 Å². The van der Waals surface area contributed by atoms with Crippen molar-refractivity contribution < 1.29 is 18.7 Å². The summed E-state index contributed by atoms with van der Waals surface area (Å²) >= 11 is 5.63. The number of halogens is 2. The van der Waals surface area contributed by atoms with Crippen molar-refractivity contribution in [1.82, 2.24) is 4.98 Å². The molecule has 0 saturated heterocycles. The first kappa shape index (κ1) is 14.9. The molecule has 108 valence electrons. The van der Waals surface area contributed by atoms with E-state index in [0.29, 0.717) is 0 Å². The van der Waals surface area contributed by atoms with Gasteiger partial charge in [0.25, 0.3) is 5.91 Å². The first-order valence-electron chi connectivity index (χ1n) is 5.82. The Hall–Kier alpha value is -2.47. The Morgan fingerprint density at radius 1 is 1.29 bits per heavy atom. The Kier molecular flexibility index (Phi) is 4.49. The molecule has 21 heavy (non-hydrogen) atoms. The molecule has 0 unspecified atom stereocenters. The fourth-order valence-electron chi connectivity index (χ4n) is 1.61. The molecule has 0 aliphatic carbocycles. The van der Waals surface area contributed by atoms with Crippen molar-refractivity contribution in [1.29, 1.82) is 0 Å². The zero-order chi connectivity index (χ0) is 15.4. The highest BCUT2D eigenvalue weighted by molar-refractivity contribution is 6.29. The summed E-state index contributed by atoms with van der Waals surface area (Å²) in [5.41, 5.74) is 0.287. The zero-order valence-corrected chi connectivity index (χ0v) is 11.6. The lowest BCUT2D eigenvalue weighted by Crippen LogP contribution is -2.16. The average Bonchev–Trinajstić information content (AvgIpc) is 2.47. The number of nitrogens with one attached hydrogen (secondary N) is 1. The first-order chi connectivity index (χ1) is 10.0. The molecule has 5 nitrogen and oxygen atoms in total. The van der Waals surface area contributed by atoms with Crippen LogP contribution < -0.4 is 5.32 Å². The van der Waals surface area contributed by atoms with Crippen LogP contribution in [-0.2, 0) is 4.74 Å².